The molecule has 0 aliphatic heterocycles. The Labute approximate surface area is 116 Å². The van der Waals surface area contributed by atoms with Crippen molar-refractivity contribution in [2.24, 2.45) is 0 Å². The first kappa shape index (κ1) is 15.1. The molecule has 1 fully saturated rings. The van der Waals surface area contributed by atoms with E-state index in [1.165, 1.54) is 12.1 Å². The second-order valence-corrected chi connectivity index (χ2v) is 4.78. The van der Waals surface area contributed by atoms with E-state index >= 15 is 0 Å². The van der Waals surface area contributed by atoms with E-state index in [4.69, 9.17) is 9.47 Å². The highest BCUT2D eigenvalue weighted by atomic mass is 19.4. The Bertz CT molecular complexity index is 433. The Balaban J connectivity index is 1.94. The van der Waals surface area contributed by atoms with E-state index in [1.54, 1.807) is 7.11 Å². The zero-order valence-electron chi connectivity index (χ0n) is 11.4. The van der Waals surface area contributed by atoms with Gasteiger partial charge in [-0.25, -0.2) is 0 Å². The molecule has 0 saturated heterocycles. The van der Waals surface area contributed by atoms with E-state index in [0.717, 1.165) is 25.1 Å². The van der Waals surface area contributed by atoms with E-state index in [1.807, 2.05) is 6.92 Å². The third kappa shape index (κ3) is 3.24. The van der Waals surface area contributed by atoms with Crippen LogP contribution in [-0.4, -0.2) is 31.9 Å². The topological polar surface area (TPSA) is 30.5 Å². The lowest BCUT2D eigenvalue weighted by atomic mass is 9.85. The SMILES string of the molecule is CCNC1CC(Oc2ccc(C(F)(F)F)cc2)C1OC. The summed E-state index contributed by atoms with van der Waals surface area (Å²) in [4.78, 5) is 0. The Morgan fingerprint density at radius 2 is 1.90 bits per heavy atom. The van der Waals surface area contributed by atoms with Gasteiger partial charge in [0.15, 0.2) is 0 Å². The summed E-state index contributed by atoms with van der Waals surface area (Å²) in [7, 11) is 1.61. The van der Waals surface area contributed by atoms with E-state index in [2.05, 4.69) is 5.32 Å². The first-order chi connectivity index (χ1) is 9.45. The van der Waals surface area contributed by atoms with Gasteiger partial charge < -0.3 is 14.8 Å². The Morgan fingerprint density at radius 3 is 2.40 bits per heavy atom. The molecule has 1 aliphatic carbocycles. The highest BCUT2D eigenvalue weighted by molar-refractivity contribution is 5.29. The first-order valence-corrected chi connectivity index (χ1v) is 6.55. The molecule has 0 bridgehead atoms. The quantitative estimate of drug-likeness (QED) is 0.904. The van der Waals surface area contributed by atoms with E-state index < -0.39 is 11.7 Å². The van der Waals surface area contributed by atoms with Crippen LogP contribution in [-0.2, 0) is 10.9 Å². The van der Waals surface area contributed by atoms with Crippen molar-refractivity contribution in [3.8, 4) is 5.75 Å². The number of likely N-dealkylation sites (N-methyl/N-ethyl adjacent to an activating group) is 1. The van der Waals surface area contributed by atoms with Gasteiger partial charge in [-0.1, -0.05) is 6.92 Å². The second kappa shape index (κ2) is 6.01. The molecule has 0 heterocycles. The summed E-state index contributed by atoms with van der Waals surface area (Å²) in [6.45, 7) is 2.86. The summed E-state index contributed by atoms with van der Waals surface area (Å²) in [5, 5.41) is 3.27. The van der Waals surface area contributed by atoms with Crippen LogP contribution in [0.15, 0.2) is 24.3 Å². The lowest BCUT2D eigenvalue weighted by Gasteiger charge is -2.43. The van der Waals surface area contributed by atoms with Gasteiger partial charge in [0.05, 0.1) is 5.56 Å². The zero-order chi connectivity index (χ0) is 14.8. The van der Waals surface area contributed by atoms with Crippen molar-refractivity contribution in [2.45, 2.75) is 37.8 Å². The Morgan fingerprint density at radius 1 is 1.25 bits per heavy atom. The Kier molecular flexibility index (Phi) is 4.55. The lowest BCUT2D eigenvalue weighted by Crippen LogP contribution is -2.60. The molecular formula is C14H18F3NO2. The van der Waals surface area contributed by atoms with Crippen LogP contribution >= 0.6 is 0 Å². The minimum atomic E-state index is -4.32. The monoisotopic (exact) mass is 289 g/mol. The maximum absolute atomic E-state index is 12.4. The van der Waals surface area contributed by atoms with E-state index in [-0.39, 0.29) is 18.2 Å². The van der Waals surface area contributed by atoms with Crippen LogP contribution in [0.25, 0.3) is 0 Å². The van der Waals surface area contributed by atoms with Gasteiger partial charge in [0, 0.05) is 19.6 Å². The molecule has 1 aliphatic rings. The van der Waals surface area contributed by atoms with Crippen LogP contribution in [0.2, 0.25) is 0 Å². The smallest absolute Gasteiger partial charge is 0.416 e. The molecule has 112 valence electrons. The molecule has 1 aromatic carbocycles. The summed E-state index contributed by atoms with van der Waals surface area (Å²) in [5.41, 5.74) is -0.674. The number of alkyl halides is 3. The molecule has 2 rings (SSSR count). The molecule has 3 nitrogen and oxygen atoms in total. The molecule has 0 amide bonds. The molecule has 6 heteroatoms. The number of nitrogens with one attached hydrogen (secondary N) is 1. The maximum atomic E-state index is 12.4. The van der Waals surface area contributed by atoms with Crippen molar-refractivity contribution in [1.29, 1.82) is 0 Å². The van der Waals surface area contributed by atoms with Crippen LogP contribution < -0.4 is 10.1 Å². The molecule has 1 N–H and O–H groups in total. The third-order valence-electron chi connectivity index (χ3n) is 3.46. The van der Waals surface area contributed by atoms with Gasteiger partial charge in [-0.05, 0) is 30.8 Å². The molecule has 0 aromatic heterocycles. The van der Waals surface area contributed by atoms with Crippen molar-refractivity contribution in [3.63, 3.8) is 0 Å². The average molecular weight is 289 g/mol. The Hall–Kier alpha value is -1.27. The van der Waals surface area contributed by atoms with Gasteiger partial charge in [0.25, 0.3) is 0 Å². The fraction of sp³-hybridized carbons (Fsp3) is 0.571. The molecular weight excluding hydrogens is 271 g/mol. The molecule has 0 spiro atoms. The highest BCUT2D eigenvalue weighted by Crippen LogP contribution is 2.32. The first-order valence-electron chi connectivity index (χ1n) is 6.55. The number of ether oxygens (including phenoxy) is 2. The van der Waals surface area contributed by atoms with Crippen molar-refractivity contribution in [3.05, 3.63) is 29.8 Å². The fourth-order valence-corrected chi connectivity index (χ4v) is 2.37. The average Bonchev–Trinajstić information content (AvgIpc) is 2.37. The van der Waals surface area contributed by atoms with Crippen molar-refractivity contribution < 1.29 is 22.6 Å². The molecule has 3 unspecified atom stereocenters. The van der Waals surface area contributed by atoms with Crippen molar-refractivity contribution in [2.75, 3.05) is 13.7 Å². The lowest BCUT2D eigenvalue weighted by molar-refractivity contribution is -0.137. The van der Waals surface area contributed by atoms with Gasteiger partial charge in [0.2, 0.25) is 0 Å². The van der Waals surface area contributed by atoms with Crippen LogP contribution in [0.4, 0.5) is 13.2 Å². The number of halogens is 3. The van der Waals surface area contributed by atoms with Gasteiger partial charge in [-0.15, -0.1) is 0 Å². The maximum Gasteiger partial charge on any atom is 0.416 e. The molecule has 1 aromatic rings. The minimum absolute atomic E-state index is 0.0720. The summed E-state index contributed by atoms with van der Waals surface area (Å²) in [5.74, 6) is 0.431. The third-order valence-corrected chi connectivity index (χ3v) is 3.46. The molecule has 20 heavy (non-hydrogen) atoms. The number of hydrogen-bond donors (Lipinski definition) is 1. The summed E-state index contributed by atoms with van der Waals surface area (Å²) in [6, 6.07) is 4.98. The zero-order valence-corrected chi connectivity index (χ0v) is 11.4. The van der Waals surface area contributed by atoms with Crippen LogP contribution in [0.1, 0.15) is 18.9 Å². The molecule has 3 atom stereocenters. The summed E-state index contributed by atoms with van der Waals surface area (Å²) < 4.78 is 48.3. The molecule has 0 radical (unpaired) electrons. The highest BCUT2D eigenvalue weighted by Gasteiger charge is 2.42. The van der Waals surface area contributed by atoms with Gasteiger partial charge in [-0.2, -0.15) is 13.2 Å². The normalized spacial score (nSPS) is 26.1. The predicted molar refractivity (Wildman–Crippen MR) is 68.7 cm³/mol. The standard InChI is InChI=1S/C14H18F3NO2/c1-3-18-11-8-12(13(11)19-2)20-10-6-4-9(5-7-10)14(15,16)17/h4-7,11-13,18H,3,8H2,1-2H3. The van der Waals surface area contributed by atoms with Gasteiger partial charge in [-0.3, -0.25) is 0 Å². The van der Waals surface area contributed by atoms with Gasteiger partial charge in [0.1, 0.15) is 18.0 Å². The van der Waals surface area contributed by atoms with Crippen LogP contribution in [0, 0.1) is 0 Å². The van der Waals surface area contributed by atoms with Gasteiger partial charge >= 0.3 is 6.18 Å². The van der Waals surface area contributed by atoms with Crippen molar-refractivity contribution in [1.82, 2.24) is 5.32 Å². The minimum Gasteiger partial charge on any atom is -0.488 e. The van der Waals surface area contributed by atoms with Crippen LogP contribution in [0.5, 0.6) is 5.75 Å². The summed E-state index contributed by atoms with van der Waals surface area (Å²) in [6.07, 6.45) is -3.73. The number of hydrogen-bond acceptors (Lipinski definition) is 3. The second-order valence-electron chi connectivity index (χ2n) is 4.78. The molecule has 1 saturated carbocycles. The summed E-state index contributed by atoms with van der Waals surface area (Å²) >= 11 is 0. The largest absolute Gasteiger partial charge is 0.488 e. The predicted octanol–water partition coefficient (Wildman–Crippen LogP) is 2.85. The van der Waals surface area contributed by atoms with E-state index in [9.17, 15) is 13.2 Å². The number of rotatable bonds is 5. The number of benzene rings is 1. The fourth-order valence-electron chi connectivity index (χ4n) is 2.37. The van der Waals surface area contributed by atoms with Crippen LogP contribution in [0.3, 0.4) is 0 Å². The van der Waals surface area contributed by atoms with Crippen molar-refractivity contribution >= 4 is 0 Å². The van der Waals surface area contributed by atoms with E-state index in [0.29, 0.717) is 5.75 Å². The number of methoxy groups -OCH3 is 1.